The van der Waals surface area contributed by atoms with Gasteiger partial charge in [0, 0.05) is 38.8 Å². The number of hydrogen-bond donors (Lipinski definition) is 2. The molecule has 14 heteroatoms. The van der Waals surface area contributed by atoms with Gasteiger partial charge in [0.25, 0.3) is 17.7 Å². The highest BCUT2D eigenvalue weighted by atomic mass is 32.2. The minimum atomic E-state index is -1.41. The summed E-state index contributed by atoms with van der Waals surface area (Å²) in [5, 5.41) is 3.53. The summed E-state index contributed by atoms with van der Waals surface area (Å²) < 4.78 is 5.39. The van der Waals surface area contributed by atoms with E-state index >= 15 is 0 Å². The maximum Gasteiger partial charge on any atom is 0.408 e. The van der Waals surface area contributed by atoms with Crippen LogP contribution in [0.5, 0.6) is 0 Å². The Labute approximate surface area is 306 Å². The van der Waals surface area contributed by atoms with Crippen molar-refractivity contribution >= 4 is 52.5 Å². The van der Waals surface area contributed by atoms with E-state index < -0.39 is 58.1 Å². The molecule has 0 bridgehead atoms. The number of likely N-dealkylation sites (N-methyl/N-ethyl adjacent to an activating group) is 1. The predicted octanol–water partition coefficient (Wildman–Crippen LogP) is 4.16. The molecule has 13 nitrogen and oxygen atoms in total. The molecule has 0 fully saturated rings. The van der Waals surface area contributed by atoms with Crippen molar-refractivity contribution in [3.63, 3.8) is 0 Å². The van der Waals surface area contributed by atoms with Gasteiger partial charge in [-0.2, -0.15) is 0 Å². The van der Waals surface area contributed by atoms with Crippen LogP contribution in [0.25, 0.3) is 0 Å². The fourth-order valence-electron chi connectivity index (χ4n) is 5.83. The summed E-state index contributed by atoms with van der Waals surface area (Å²) in [5.41, 5.74) is 1.70. The first-order valence-electron chi connectivity index (χ1n) is 17.0. The first-order valence-corrected chi connectivity index (χ1v) is 17.9. The Morgan fingerprint density at radius 3 is 2.10 bits per heavy atom. The van der Waals surface area contributed by atoms with E-state index in [1.807, 2.05) is 19.9 Å². The number of amides is 6. The molecule has 2 N–H and O–H groups in total. The van der Waals surface area contributed by atoms with Gasteiger partial charge >= 0.3 is 6.09 Å². The summed E-state index contributed by atoms with van der Waals surface area (Å²) in [5.74, 6) is -3.44. The molecule has 0 aliphatic carbocycles. The highest BCUT2D eigenvalue weighted by Crippen LogP contribution is 2.27. The van der Waals surface area contributed by atoms with Crippen molar-refractivity contribution in [2.45, 2.75) is 70.4 Å². The zero-order valence-electron chi connectivity index (χ0n) is 29.6. The number of thioether (sulfide) groups is 1. The molecule has 2 heterocycles. The fraction of sp³-hybridized carbons (Fsp3) is 0.368. The summed E-state index contributed by atoms with van der Waals surface area (Å²) in [4.78, 5) is 101. The molecule has 1 aliphatic rings. The second kappa shape index (κ2) is 18.7. The van der Waals surface area contributed by atoms with Gasteiger partial charge in [-0.15, -0.1) is 0 Å². The van der Waals surface area contributed by atoms with Crippen LogP contribution in [0.3, 0.4) is 0 Å². The zero-order valence-corrected chi connectivity index (χ0v) is 30.4. The number of imide groups is 2. The SMILES string of the molecule is CNC(=O)[C@H](Cc1ccccn1)N(C(=O)C(CCCN1C(=O)c2ccccc2C1=O)SC(C)=O)C(=O)[C@H](CC(C)C)NC(=O)OCc1ccccc1. The molecular weight excluding hydrogens is 687 g/mol. The Kier molecular flexibility index (Phi) is 14.2. The first kappa shape index (κ1) is 39.4. The fourth-order valence-corrected chi connectivity index (χ4v) is 6.73. The number of carbonyl (C=O) groups excluding carboxylic acids is 7. The third-order valence-electron chi connectivity index (χ3n) is 8.28. The van der Waals surface area contributed by atoms with Gasteiger partial charge < -0.3 is 15.4 Å². The molecule has 3 atom stereocenters. The molecule has 0 saturated carbocycles. The van der Waals surface area contributed by atoms with E-state index in [4.69, 9.17) is 4.74 Å². The lowest BCUT2D eigenvalue weighted by molar-refractivity contribution is -0.153. The Bertz CT molecular complexity index is 1740. The van der Waals surface area contributed by atoms with Gasteiger partial charge in [0.15, 0.2) is 5.12 Å². The summed E-state index contributed by atoms with van der Waals surface area (Å²) >= 11 is 0.683. The maximum absolute atomic E-state index is 14.6. The van der Waals surface area contributed by atoms with Crippen molar-refractivity contribution in [2.75, 3.05) is 13.6 Å². The topological polar surface area (TPSA) is 172 Å². The predicted molar refractivity (Wildman–Crippen MR) is 194 cm³/mol. The third kappa shape index (κ3) is 10.3. The Morgan fingerprint density at radius 2 is 1.52 bits per heavy atom. The Morgan fingerprint density at radius 1 is 0.885 bits per heavy atom. The Balaban J connectivity index is 1.64. The average Bonchev–Trinajstić information content (AvgIpc) is 3.37. The highest BCUT2D eigenvalue weighted by Gasteiger charge is 2.42. The van der Waals surface area contributed by atoms with Gasteiger partial charge in [0.1, 0.15) is 18.7 Å². The van der Waals surface area contributed by atoms with Gasteiger partial charge in [-0.05, 0) is 55.0 Å². The van der Waals surface area contributed by atoms with Crippen LogP contribution in [0, 0.1) is 5.92 Å². The van der Waals surface area contributed by atoms with E-state index in [1.54, 1.807) is 66.7 Å². The first-order chi connectivity index (χ1) is 24.9. The van der Waals surface area contributed by atoms with Crippen LogP contribution in [-0.4, -0.2) is 86.5 Å². The van der Waals surface area contributed by atoms with Crippen LogP contribution >= 0.6 is 11.8 Å². The molecule has 1 aliphatic heterocycles. The molecule has 3 aromatic rings. The number of aromatic nitrogens is 1. The average molecular weight is 730 g/mol. The molecule has 1 unspecified atom stereocenters. The number of nitrogens with one attached hydrogen (secondary N) is 2. The van der Waals surface area contributed by atoms with E-state index in [2.05, 4.69) is 15.6 Å². The van der Waals surface area contributed by atoms with Crippen molar-refractivity contribution in [3.8, 4) is 0 Å². The van der Waals surface area contributed by atoms with Crippen LogP contribution in [0.4, 0.5) is 4.79 Å². The van der Waals surface area contributed by atoms with Crippen molar-refractivity contribution < 1.29 is 38.3 Å². The smallest absolute Gasteiger partial charge is 0.408 e. The highest BCUT2D eigenvalue weighted by molar-refractivity contribution is 8.14. The minimum Gasteiger partial charge on any atom is -0.445 e. The second-order valence-electron chi connectivity index (χ2n) is 12.6. The van der Waals surface area contributed by atoms with Crippen LogP contribution in [0.1, 0.15) is 72.0 Å². The molecule has 4 rings (SSSR count). The number of nitrogens with zero attached hydrogens (tertiary/aromatic N) is 3. The van der Waals surface area contributed by atoms with Gasteiger partial charge in [-0.3, -0.25) is 43.6 Å². The van der Waals surface area contributed by atoms with Crippen molar-refractivity contribution in [2.24, 2.45) is 5.92 Å². The number of benzene rings is 2. The van der Waals surface area contributed by atoms with Gasteiger partial charge in [-0.25, -0.2) is 4.79 Å². The third-order valence-corrected chi connectivity index (χ3v) is 9.34. The van der Waals surface area contributed by atoms with Crippen molar-refractivity contribution in [1.82, 2.24) is 25.4 Å². The Hall–Kier alpha value is -5.37. The zero-order chi connectivity index (χ0) is 37.8. The molecule has 52 heavy (non-hydrogen) atoms. The van der Waals surface area contributed by atoms with Crippen LogP contribution in [-0.2, 0) is 36.9 Å². The number of carbonyl (C=O) groups is 7. The summed E-state index contributed by atoms with van der Waals surface area (Å²) in [7, 11) is 1.37. The van der Waals surface area contributed by atoms with E-state index in [0.717, 1.165) is 15.4 Å². The lowest BCUT2D eigenvalue weighted by atomic mass is 9.99. The second-order valence-corrected chi connectivity index (χ2v) is 14.0. The van der Waals surface area contributed by atoms with E-state index in [-0.39, 0.29) is 55.9 Å². The number of ether oxygens (including phenoxy) is 1. The maximum atomic E-state index is 14.6. The standard InChI is InChI=1S/C38H43N5O8S/c1-24(2)21-30(41-38(50)51-23-26-13-6-5-7-14-26)36(48)43(31(33(45)39-4)22-27-15-10-11-19-40-27)37(49)32(52-25(3)44)18-12-20-42-34(46)28-16-8-9-17-29(28)35(42)47/h5-11,13-17,19,24,30-32H,12,18,20-23H2,1-4H3,(H,39,45)(H,41,50)/t30-,31-,32?/m0/s1. The van der Waals surface area contributed by atoms with Gasteiger partial charge in [0.2, 0.25) is 11.8 Å². The lowest BCUT2D eigenvalue weighted by Crippen LogP contribution is -2.60. The number of hydrogen-bond acceptors (Lipinski definition) is 10. The molecule has 1 aromatic heterocycles. The van der Waals surface area contributed by atoms with E-state index in [0.29, 0.717) is 17.5 Å². The minimum absolute atomic E-state index is 0.0221. The summed E-state index contributed by atoms with van der Waals surface area (Å²) in [6.07, 6.45) is 0.658. The number of pyridine rings is 1. The van der Waals surface area contributed by atoms with E-state index in [9.17, 15) is 33.6 Å². The summed E-state index contributed by atoms with van der Waals surface area (Å²) in [6, 6.07) is 17.8. The molecular formula is C38H43N5O8S. The molecule has 0 saturated heterocycles. The van der Waals surface area contributed by atoms with Crippen molar-refractivity contribution in [1.29, 1.82) is 0 Å². The molecule has 274 valence electrons. The number of rotatable bonds is 16. The van der Waals surface area contributed by atoms with Crippen LogP contribution in [0.15, 0.2) is 79.0 Å². The van der Waals surface area contributed by atoms with Crippen LogP contribution < -0.4 is 10.6 Å². The van der Waals surface area contributed by atoms with Gasteiger partial charge in [0.05, 0.1) is 16.4 Å². The molecule has 2 aromatic carbocycles. The normalized spacial score (nSPS) is 13.9. The lowest BCUT2D eigenvalue weighted by Gasteiger charge is -2.34. The summed E-state index contributed by atoms with van der Waals surface area (Å²) in [6.45, 7) is 4.84. The molecule has 0 spiro atoms. The largest absolute Gasteiger partial charge is 0.445 e. The van der Waals surface area contributed by atoms with Gasteiger partial charge in [-0.1, -0.05) is 74.1 Å². The monoisotopic (exact) mass is 729 g/mol. The van der Waals surface area contributed by atoms with Crippen molar-refractivity contribution in [3.05, 3.63) is 101 Å². The molecule has 0 radical (unpaired) electrons. The number of fused-ring (bicyclic) bond motifs is 1. The number of alkyl carbamates (subject to hydrolysis) is 1. The quantitative estimate of drug-likeness (QED) is 0.204. The molecule has 6 amide bonds. The van der Waals surface area contributed by atoms with Crippen LogP contribution in [0.2, 0.25) is 0 Å². The van der Waals surface area contributed by atoms with E-state index in [1.165, 1.54) is 20.2 Å².